The van der Waals surface area contributed by atoms with Crippen molar-refractivity contribution < 1.29 is 4.79 Å². The zero-order valence-corrected chi connectivity index (χ0v) is 11.1. The molecule has 1 aromatic rings. The van der Waals surface area contributed by atoms with Gasteiger partial charge in [0.1, 0.15) is 0 Å². The number of rotatable bonds is 1. The van der Waals surface area contributed by atoms with Gasteiger partial charge in [0.2, 0.25) is 5.91 Å². The Kier molecular flexibility index (Phi) is 2.46. The van der Waals surface area contributed by atoms with Crippen LogP contribution < -0.4 is 10.6 Å². The molecular formula is C16H20N2O. The first-order valence-electron chi connectivity index (χ1n) is 7.46. The van der Waals surface area contributed by atoms with Crippen molar-refractivity contribution in [2.45, 2.75) is 56.5 Å². The predicted octanol–water partition coefficient (Wildman–Crippen LogP) is 2.85. The van der Waals surface area contributed by atoms with Crippen LogP contribution in [0.3, 0.4) is 0 Å². The van der Waals surface area contributed by atoms with Gasteiger partial charge in [-0.05, 0) is 42.4 Å². The van der Waals surface area contributed by atoms with E-state index in [0.29, 0.717) is 24.3 Å². The van der Waals surface area contributed by atoms with Gasteiger partial charge in [-0.2, -0.15) is 0 Å². The number of hydrogen-bond donors (Lipinski definition) is 1. The Labute approximate surface area is 113 Å². The Morgan fingerprint density at radius 3 is 2.79 bits per heavy atom. The fourth-order valence-electron chi connectivity index (χ4n) is 4.29. The second-order valence-corrected chi connectivity index (χ2v) is 6.23. The Bertz CT molecular complexity index is 534. The van der Waals surface area contributed by atoms with Gasteiger partial charge >= 0.3 is 0 Å². The monoisotopic (exact) mass is 256 g/mol. The Morgan fingerprint density at radius 1 is 1.21 bits per heavy atom. The van der Waals surface area contributed by atoms with Gasteiger partial charge in [-0.3, -0.25) is 4.79 Å². The zero-order chi connectivity index (χ0) is 13.0. The number of benzene rings is 1. The molecule has 1 heterocycles. The zero-order valence-electron chi connectivity index (χ0n) is 11.1. The largest absolute Gasteiger partial charge is 0.324 e. The topological polar surface area (TPSA) is 46.3 Å². The van der Waals surface area contributed by atoms with Crippen LogP contribution in [-0.4, -0.2) is 11.9 Å². The molecular weight excluding hydrogens is 236 g/mol. The van der Waals surface area contributed by atoms with Crippen LogP contribution >= 0.6 is 0 Å². The molecule has 100 valence electrons. The third-order valence-electron chi connectivity index (χ3n) is 5.10. The average molecular weight is 256 g/mol. The standard InChI is InChI=1S/C16H20N2O/c17-13-8-10-9-15(19)18(11-4-1-2-5-11)14-7-3-6-12(13)16(10)14/h3,6-7,10-11,13H,1-2,4-5,8-9,17H2. The lowest BCUT2D eigenvalue weighted by Crippen LogP contribution is -2.42. The smallest absolute Gasteiger partial charge is 0.227 e. The summed E-state index contributed by atoms with van der Waals surface area (Å²) in [6.07, 6.45) is 6.43. The van der Waals surface area contributed by atoms with Gasteiger partial charge in [-0.25, -0.2) is 0 Å². The molecule has 0 radical (unpaired) electrons. The van der Waals surface area contributed by atoms with Gasteiger partial charge in [0.05, 0.1) is 0 Å². The second kappa shape index (κ2) is 4.07. The van der Waals surface area contributed by atoms with E-state index in [1.807, 2.05) is 0 Å². The molecule has 1 aliphatic heterocycles. The summed E-state index contributed by atoms with van der Waals surface area (Å²) in [6, 6.07) is 6.88. The third kappa shape index (κ3) is 1.57. The molecule has 19 heavy (non-hydrogen) atoms. The van der Waals surface area contributed by atoms with E-state index in [1.54, 1.807) is 0 Å². The van der Waals surface area contributed by atoms with Crippen molar-refractivity contribution in [3.05, 3.63) is 29.3 Å². The van der Waals surface area contributed by atoms with Crippen molar-refractivity contribution >= 4 is 11.6 Å². The first kappa shape index (κ1) is 11.5. The Morgan fingerprint density at radius 2 is 2.00 bits per heavy atom. The molecule has 2 aliphatic carbocycles. The predicted molar refractivity (Wildman–Crippen MR) is 75.1 cm³/mol. The quantitative estimate of drug-likeness (QED) is 0.839. The van der Waals surface area contributed by atoms with Crippen LogP contribution in [0.5, 0.6) is 0 Å². The molecule has 0 saturated heterocycles. The highest BCUT2D eigenvalue weighted by molar-refractivity contribution is 5.98. The average Bonchev–Trinajstić information content (AvgIpc) is 3.00. The minimum atomic E-state index is 0.122. The van der Waals surface area contributed by atoms with E-state index in [1.165, 1.54) is 29.7 Å². The normalized spacial score (nSPS) is 29.9. The molecule has 3 heteroatoms. The van der Waals surface area contributed by atoms with Crippen LogP contribution in [0, 0.1) is 0 Å². The summed E-state index contributed by atoms with van der Waals surface area (Å²) in [4.78, 5) is 14.6. The lowest BCUT2D eigenvalue weighted by atomic mass is 9.90. The van der Waals surface area contributed by atoms with E-state index in [2.05, 4.69) is 23.1 Å². The van der Waals surface area contributed by atoms with Gasteiger partial charge in [0.25, 0.3) is 0 Å². The minimum Gasteiger partial charge on any atom is -0.324 e. The van der Waals surface area contributed by atoms with E-state index in [9.17, 15) is 4.79 Å². The van der Waals surface area contributed by atoms with Crippen molar-refractivity contribution in [3.63, 3.8) is 0 Å². The van der Waals surface area contributed by atoms with Gasteiger partial charge < -0.3 is 10.6 Å². The van der Waals surface area contributed by atoms with Crippen LogP contribution in [0.1, 0.15) is 61.6 Å². The van der Waals surface area contributed by atoms with Crippen molar-refractivity contribution in [3.8, 4) is 0 Å². The number of nitrogens with two attached hydrogens (primary N) is 1. The molecule has 3 nitrogen and oxygen atoms in total. The molecule has 0 aromatic heterocycles. The lowest BCUT2D eigenvalue weighted by molar-refractivity contribution is -0.119. The Balaban J connectivity index is 1.84. The molecule has 0 spiro atoms. The number of carbonyl (C=O) groups is 1. The Hall–Kier alpha value is -1.35. The molecule has 2 atom stereocenters. The highest BCUT2D eigenvalue weighted by atomic mass is 16.2. The summed E-state index contributed by atoms with van der Waals surface area (Å²) < 4.78 is 0. The number of nitrogens with zero attached hydrogens (tertiary/aromatic N) is 1. The highest BCUT2D eigenvalue weighted by Crippen LogP contribution is 2.50. The first-order chi connectivity index (χ1) is 9.25. The molecule has 4 rings (SSSR count). The van der Waals surface area contributed by atoms with Crippen molar-refractivity contribution in [2.75, 3.05) is 4.90 Å². The molecule has 1 amide bonds. The van der Waals surface area contributed by atoms with Crippen molar-refractivity contribution in [1.29, 1.82) is 0 Å². The summed E-state index contributed by atoms with van der Waals surface area (Å²) in [5.74, 6) is 0.682. The summed E-state index contributed by atoms with van der Waals surface area (Å²) in [5.41, 5.74) is 10.0. The van der Waals surface area contributed by atoms with Crippen LogP contribution in [0.15, 0.2) is 18.2 Å². The maximum atomic E-state index is 12.5. The number of anilines is 1. The number of carbonyl (C=O) groups excluding carboxylic acids is 1. The molecule has 2 unspecified atom stereocenters. The fourth-order valence-corrected chi connectivity index (χ4v) is 4.29. The van der Waals surface area contributed by atoms with Gasteiger partial charge in [0.15, 0.2) is 0 Å². The molecule has 2 N–H and O–H groups in total. The first-order valence-corrected chi connectivity index (χ1v) is 7.46. The van der Waals surface area contributed by atoms with E-state index in [0.717, 1.165) is 19.3 Å². The second-order valence-electron chi connectivity index (χ2n) is 6.23. The van der Waals surface area contributed by atoms with Crippen LogP contribution in [-0.2, 0) is 4.79 Å². The number of amides is 1. The molecule has 0 bridgehead atoms. The SMILES string of the molecule is NC1CC2CC(=O)N(C3CCCC3)c3cccc1c32. The van der Waals surface area contributed by atoms with Crippen molar-refractivity contribution in [2.24, 2.45) is 5.73 Å². The van der Waals surface area contributed by atoms with Gasteiger partial charge in [0, 0.05) is 24.2 Å². The minimum absolute atomic E-state index is 0.122. The van der Waals surface area contributed by atoms with Crippen LogP contribution in [0.25, 0.3) is 0 Å². The molecule has 3 aliphatic rings. The summed E-state index contributed by atoms with van der Waals surface area (Å²) in [5, 5.41) is 0. The van der Waals surface area contributed by atoms with E-state index < -0.39 is 0 Å². The summed E-state index contributed by atoms with van der Waals surface area (Å²) in [6.45, 7) is 0. The summed E-state index contributed by atoms with van der Waals surface area (Å²) >= 11 is 0. The molecule has 1 fully saturated rings. The maximum Gasteiger partial charge on any atom is 0.227 e. The lowest BCUT2D eigenvalue weighted by Gasteiger charge is -2.36. The highest BCUT2D eigenvalue weighted by Gasteiger charge is 2.41. The summed E-state index contributed by atoms with van der Waals surface area (Å²) in [7, 11) is 0. The molecule has 1 saturated carbocycles. The number of hydrogen-bond acceptors (Lipinski definition) is 2. The van der Waals surface area contributed by atoms with Crippen molar-refractivity contribution in [1.82, 2.24) is 0 Å². The van der Waals surface area contributed by atoms with Gasteiger partial charge in [-0.15, -0.1) is 0 Å². The maximum absolute atomic E-state index is 12.5. The van der Waals surface area contributed by atoms with Gasteiger partial charge in [-0.1, -0.05) is 25.0 Å². The fraction of sp³-hybridized carbons (Fsp3) is 0.562. The van der Waals surface area contributed by atoms with Crippen LogP contribution in [0.2, 0.25) is 0 Å². The van der Waals surface area contributed by atoms with E-state index in [-0.39, 0.29) is 6.04 Å². The molecule has 1 aromatic carbocycles. The van der Waals surface area contributed by atoms with E-state index >= 15 is 0 Å². The third-order valence-corrected chi connectivity index (χ3v) is 5.10. The van der Waals surface area contributed by atoms with Crippen LogP contribution in [0.4, 0.5) is 5.69 Å². The van der Waals surface area contributed by atoms with E-state index in [4.69, 9.17) is 5.73 Å².